The Morgan fingerprint density at radius 2 is 1.91 bits per heavy atom. The van der Waals surface area contributed by atoms with E-state index >= 15 is 0 Å². The molecule has 0 radical (unpaired) electrons. The molecule has 2 heterocycles. The maximum Gasteiger partial charge on any atom is 0.424 e. The third-order valence-electron chi connectivity index (χ3n) is 5.12. The number of benzene rings is 2. The smallest absolute Gasteiger partial charge is 0.424 e. The number of fused-ring (bicyclic) bond motifs is 3. The number of rotatable bonds is 7. The van der Waals surface area contributed by atoms with Gasteiger partial charge in [0.2, 0.25) is 11.3 Å². The van der Waals surface area contributed by atoms with Gasteiger partial charge in [-0.25, -0.2) is 14.4 Å². The normalized spacial score (nSPS) is 12.0. The van der Waals surface area contributed by atoms with Crippen molar-refractivity contribution in [2.24, 2.45) is 5.73 Å². The standard InChI is InChI=1S/C24H21N3O6/c1-14(26)10-15-11-17(13-25)19-18(12-15)20-21(33-24(30)23(29)32-20)27(19)8-5-9-31-22(28)16-6-3-2-4-7-16/h2-4,6-7,11-12,14H,5,8-10,26H2,1H3/t14-/m1/s1. The molecule has 0 saturated carbocycles. The second-order valence-corrected chi connectivity index (χ2v) is 7.75. The molecule has 4 rings (SSSR count). The van der Waals surface area contributed by atoms with E-state index in [1.54, 1.807) is 47.0 Å². The van der Waals surface area contributed by atoms with E-state index in [-0.39, 0.29) is 30.5 Å². The monoisotopic (exact) mass is 447 g/mol. The topological polar surface area (TPSA) is 141 Å². The van der Waals surface area contributed by atoms with Crippen LogP contribution in [0.3, 0.4) is 0 Å². The van der Waals surface area contributed by atoms with Crippen LogP contribution in [0.1, 0.15) is 34.8 Å². The van der Waals surface area contributed by atoms with Gasteiger partial charge in [0, 0.05) is 18.0 Å². The van der Waals surface area contributed by atoms with Crippen LogP contribution < -0.4 is 17.0 Å². The molecule has 4 aromatic rings. The molecule has 0 amide bonds. The van der Waals surface area contributed by atoms with Crippen molar-refractivity contribution < 1.29 is 18.4 Å². The van der Waals surface area contributed by atoms with Gasteiger partial charge in [0.05, 0.1) is 23.3 Å². The highest BCUT2D eigenvalue weighted by atomic mass is 16.5. The first-order chi connectivity index (χ1) is 15.9. The van der Waals surface area contributed by atoms with E-state index in [0.717, 1.165) is 5.56 Å². The first-order valence-electron chi connectivity index (χ1n) is 10.4. The Morgan fingerprint density at radius 1 is 1.18 bits per heavy atom. The first-order valence-corrected chi connectivity index (χ1v) is 10.4. The molecule has 9 nitrogen and oxygen atoms in total. The van der Waals surface area contributed by atoms with Gasteiger partial charge in [-0.2, -0.15) is 5.26 Å². The van der Waals surface area contributed by atoms with Crippen molar-refractivity contribution in [1.29, 1.82) is 5.26 Å². The lowest BCUT2D eigenvalue weighted by molar-refractivity contribution is 0.0496. The van der Waals surface area contributed by atoms with E-state index in [1.807, 2.05) is 6.92 Å². The maximum atomic E-state index is 12.1. The van der Waals surface area contributed by atoms with Crippen molar-refractivity contribution in [1.82, 2.24) is 4.57 Å². The van der Waals surface area contributed by atoms with Gasteiger partial charge in [0.1, 0.15) is 6.07 Å². The number of esters is 1. The third kappa shape index (κ3) is 4.42. The Kier molecular flexibility index (Phi) is 6.11. The van der Waals surface area contributed by atoms with Crippen LogP contribution in [-0.2, 0) is 17.7 Å². The summed E-state index contributed by atoms with van der Waals surface area (Å²) in [5.41, 5.74) is 5.78. The van der Waals surface area contributed by atoms with E-state index < -0.39 is 17.2 Å². The predicted octanol–water partition coefficient (Wildman–Crippen LogP) is 2.71. The lowest BCUT2D eigenvalue weighted by Gasteiger charge is -2.10. The Bertz CT molecular complexity index is 1490. The molecule has 33 heavy (non-hydrogen) atoms. The molecule has 168 valence electrons. The van der Waals surface area contributed by atoms with Gasteiger partial charge in [-0.3, -0.25) is 0 Å². The van der Waals surface area contributed by atoms with Crippen LogP contribution in [0.15, 0.2) is 60.9 Å². The second-order valence-electron chi connectivity index (χ2n) is 7.75. The fourth-order valence-corrected chi connectivity index (χ4v) is 3.79. The molecule has 0 fully saturated rings. The van der Waals surface area contributed by atoms with Crippen molar-refractivity contribution in [3.63, 3.8) is 0 Å². The van der Waals surface area contributed by atoms with Gasteiger partial charge in [-0.1, -0.05) is 18.2 Å². The van der Waals surface area contributed by atoms with Crippen LogP contribution in [0.4, 0.5) is 0 Å². The molecule has 0 bridgehead atoms. The van der Waals surface area contributed by atoms with Crippen LogP contribution in [0.2, 0.25) is 0 Å². The minimum absolute atomic E-state index is 0.0402. The molecule has 2 N–H and O–H groups in total. The predicted molar refractivity (Wildman–Crippen MR) is 120 cm³/mol. The third-order valence-corrected chi connectivity index (χ3v) is 5.12. The average molecular weight is 447 g/mol. The van der Waals surface area contributed by atoms with Gasteiger partial charge < -0.3 is 23.9 Å². The Balaban J connectivity index is 1.71. The summed E-state index contributed by atoms with van der Waals surface area (Å²) in [6.45, 7) is 2.19. The van der Waals surface area contributed by atoms with E-state index in [4.69, 9.17) is 19.3 Å². The van der Waals surface area contributed by atoms with Crippen molar-refractivity contribution in [2.45, 2.75) is 32.4 Å². The van der Waals surface area contributed by atoms with Gasteiger partial charge >= 0.3 is 17.2 Å². The molecule has 0 saturated heterocycles. The van der Waals surface area contributed by atoms with Crippen LogP contribution in [0.5, 0.6) is 0 Å². The Labute approximate surface area is 187 Å². The molecular weight excluding hydrogens is 426 g/mol. The number of nitrogens with zero attached hydrogens (tertiary/aromatic N) is 2. The van der Waals surface area contributed by atoms with Crippen molar-refractivity contribution >= 4 is 28.2 Å². The zero-order valence-electron chi connectivity index (χ0n) is 17.9. The summed E-state index contributed by atoms with van der Waals surface area (Å²) in [6, 6.07) is 14.1. The highest BCUT2D eigenvalue weighted by molar-refractivity contribution is 6.05. The quantitative estimate of drug-likeness (QED) is 0.259. The zero-order chi connectivity index (χ0) is 23.5. The van der Waals surface area contributed by atoms with Crippen LogP contribution in [0.25, 0.3) is 22.2 Å². The summed E-state index contributed by atoms with van der Waals surface area (Å²) < 4.78 is 17.4. The maximum absolute atomic E-state index is 12.1. The van der Waals surface area contributed by atoms with Crippen LogP contribution in [0, 0.1) is 11.3 Å². The van der Waals surface area contributed by atoms with Gasteiger partial charge in [-0.05, 0) is 49.6 Å². The largest absolute Gasteiger partial charge is 0.462 e. The van der Waals surface area contributed by atoms with E-state index in [0.29, 0.717) is 34.9 Å². The number of hydrogen-bond donors (Lipinski definition) is 1. The number of nitrogens with two attached hydrogens (primary N) is 1. The molecule has 2 aromatic heterocycles. The Morgan fingerprint density at radius 3 is 2.61 bits per heavy atom. The molecule has 0 spiro atoms. The Hall–Kier alpha value is -4.16. The molecular formula is C24H21N3O6. The van der Waals surface area contributed by atoms with Gasteiger partial charge in [-0.15, -0.1) is 0 Å². The molecule has 0 unspecified atom stereocenters. The summed E-state index contributed by atoms with van der Waals surface area (Å²) >= 11 is 0. The molecule has 0 aliphatic carbocycles. The number of ether oxygens (including phenoxy) is 1. The summed E-state index contributed by atoms with van der Waals surface area (Å²) in [5, 5.41) is 10.2. The van der Waals surface area contributed by atoms with Crippen molar-refractivity contribution in [3.05, 3.63) is 80.0 Å². The summed E-state index contributed by atoms with van der Waals surface area (Å²) in [4.78, 5) is 35.9. The van der Waals surface area contributed by atoms with Crippen molar-refractivity contribution in [3.8, 4) is 6.07 Å². The SMILES string of the molecule is C[C@@H](N)Cc1cc(C#N)c2c(c1)c1oc(=O)c(=O)oc1n2CCCOC(=O)c1ccccc1. The molecule has 2 aromatic carbocycles. The average Bonchev–Trinajstić information content (AvgIpc) is 3.09. The summed E-state index contributed by atoms with van der Waals surface area (Å²) in [6.07, 6.45) is 0.875. The van der Waals surface area contributed by atoms with Gasteiger partial charge in [0.25, 0.3) is 0 Å². The molecule has 1 atom stereocenters. The van der Waals surface area contributed by atoms with Crippen LogP contribution >= 0.6 is 0 Å². The lowest BCUT2D eigenvalue weighted by atomic mass is 10.0. The zero-order valence-corrected chi connectivity index (χ0v) is 17.9. The fraction of sp³-hybridized carbons (Fsp3) is 0.250. The fourth-order valence-electron chi connectivity index (χ4n) is 3.79. The highest BCUT2D eigenvalue weighted by Gasteiger charge is 2.21. The second kappa shape index (κ2) is 9.14. The first kappa shape index (κ1) is 22.0. The number of carbonyl (C=O) groups is 1. The summed E-state index contributed by atoms with van der Waals surface area (Å²) in [5.74, 6) is -0.450. The van der Waals surface area contributed by atoms with Gasteiger partial charge in [0.15, 0.2) is 0 Å². The van der Waals surface area contributed by atoms with E-state index in [2.05, 4.69) is 6.07 Å². The molecule has 0 aliphatic heterocycles. The van der Waals surface area contributed by atoms with Crippen molar-refractivity contribution in [2.75, 3.05) is 6.61 Å². The number of hydrogen-bond acceptors (Lipinski definition) is 8. The number of aryl methyl sites for hydroxylation is 1. The van der Waals surface area contributed by atoms with Crippen LogP contribution in [-0.4, -0.2) is 23.2 Å². The number of nitriles is 1. The minimum Gasteiger partial charge on any atom is -0.462 e. The molecule has 9 heteroatoms. The summed E-state index contributed by atoms with van der Waals surface area (Å²) in [7, 11) is 0. The minimum atomic E-state index is -1.14. The highest BCUT2D eigenvalue weighted by Crippen LogP contribution is 2.31. The molecule has 0 aliphatic rings. The van der Waals surface area contributed by atoms with E-state index in [1.165, 1.54) is 0 Å². The lowest BCUT2D eigenvalue weighted by Crippen LogP contribution is -2.21. The number of carbonyl (C=O) groups excluding carboxylic acids is 1. The van der Waals surface area contributed by atoms with E-state index in [9.17, 15) is 19.6 Å². The number of aromatic nitrogens is 1.